The van der Waals surface area contributed by atoms with Crippen LogP contribution in [0.4, 0.5) is 5.69 Å². The van der Waals surface area contributed by atoms with Crippen molar-refractivity contribution >= 4 is 29.1 Å². The number of hydrogen-bond acceptors (Lipinski definition) is 2. The van der Waals surface area contributed by atoms with E-state index in [0.717, 1.165) is 17.3 Å². The maximum absolute atomic E-state index is 5.95. The van der Waals surface area contributed by atoms with Crippen LogP contribution < -0.4 is 5.32 Å². The van der Waals surface area contributed by atoms with Gasteiger partial charge in [0, 0.05) is 27.9 Å². The van der Waals surface area contributed by atoms with Crippen LogP contribution in [0.25, 0.3) is 0 Å². The van der Waals surface area contributed by atoms with E-state index in [1.165, 1.54) is 16.1 Å². The van der Waals surface area contributed by atoms with E-state index in [1.807, 2.05) is 30.0 Å². The van der Waals surface area contributed by atoms with E-state index in [1.54, 1.807) is 0 Å². The molecule has 18 heavy (non-hydrogen) atoms. The van der Waals surface area contributed by atoms with Gasteiger partial charge in [-0.15, -0.1) is 11.8 Å². The molecule has 2 aromatic carbocycles. The summed E-state index contributed by atoms with van der Waals surface area (Å²) in [5.41, 5.74) is 2.49. The first-order valence-corrected chi connectivity index (χ1v) is 7.30. The van der Waals surface area contributed by atoms with Gasteiger partial charge in [-0.1, -0.05) is 35.9 Å². The lowest BCUT2D eigenvalue weighted by Crippen LogP contribution is -2.04. The Balaban J connectivity index is 1.78. The maximum Gasteiger partial charge on any atom is 0.0417 e. The standard InChI is InChI=1S/C15H16ClNS/c1-12-5-2-3-8-15(12)17-9-10-18-14-7-4-6-13(16)11-14/h2-8,11,17H,9-10H2,1H3. The number of thioether (sulfide) groups is 1. The summed E-state index contributed by atoms with van der Waals surface area (Å²) in [6.45, 7) is 3.06. The predicted octanol–water partition coefficient (Wildman–Crippen LogP) is 4.85. The molecule has 0 aliphatic rings. The Morgan fingerprint density at radius 1 is 1.11 bits per heavy atom. The molecule has 0 bridgehead atoms. The van der Waals surface area contributed by atoms with Crippen LogP contribution >= 0.6 is 23.4 Å². The first-order valence-electron chi connectivity index (χ1n) is 5.93. The molecule has 0 aromatic heterocycles. The van der Waals surface area contributed by atoms with Gasteiger partial charge in [-0.3, -0.25) is 0 Å². The molecule has 0 amide bonds. The van der Waals surface area contributed by atoms with Crippen LogP contribution in [-0.4, -0.2) is 12.3 Å². The van der Waals surface area contributed by atoms with Gasteiger partial charge in [0.1, 0.15) is 0 Å². The average Bonchev–Trinajstić information content (AvgIpc) is 2.37. The van der Waals surface area contributed by atoms with E-state index < -0.39 is 0 Å². The lowest BCUT2D eigenvalue weighted by molar-refractivity contribution is 1.21. The number of para-hydroxylation sites is 1. The average molecular weight is 278 g/mol. The Morgan fingerprint density at radius 3 is 2.72 bits per heavy atom. The Kier molecular flexibility index (Phi) is 4.97. The summed E-state index contributed by atoms with van der Waals surface area (Å²) in [6, 6.07) is 16.3. The van der Waals surface area contributed by atoms with E-state index in [0.29, 0.717) is 0 Å². The molecule has 0 fully saturated rings. The molecular weight excluding hydrogens is 262 g/mol. The predicted molar refractivity (Wildman–Crippen MR) is 81.8 cm³/mol. The van der Waals surface area contributed by atoms with Crippen molar-refractivity contribution in [3.05, 3.63) is 59.1 Å². The zero-order valence-electron chi connectivity index (χ0n) is 10.3. The first kappa shape index (κ1) is 13.3. The lowest BCUT2D eigenvalue weighted by atomic mass is 10.2. The second-order valence-electron chi connectivity index (χ2n) is 4.05. The van der Waals surface area contributed by atoms with Crippen LogP contribution in [0.2, 0.25) is 5.02 Å². The molecule has 0 aliphatic heterocycles. The topological polar surface area (TPSA) is 12.0 Å². The van der Waals surface area contributed by atoms with Crippen LogP contribution in [0.1, 0.15) is 5.56 Å². The fraction of sp³-hybridized carbons (Fsp3) is 0.200. The van der Waals surface area contributed by atoms with Gasteiger partial charge in [0.25, 0.3) is 0 Å². The smallest absolute Gasteiger partial charge is 0.0417 e. The van der Waals surface area contributed by atoms with Gasteiger partial charge in [0.15, 0.2) is 0 Å². The molecule has 0 radical (unpaired) electrons. The van der Waals surface area contributed by atoms with Crippen LogP contribution in [0.15, 0.2) is 53.4 Å². The molecule has 0 spiro atoms. The molecule has 0 atom stereocenters. The second kappa shape index (κ2) is 6.72. The summed E-state index contributed by atoms with van der Waals surface area (Å²) in [4.78, 5) is 1.22. The Morgan fingerprint density at radius 2 is 1.94 bits per heavy atom. The van der Waals surface area contributed by atoms with Crippen LogP contribution in [0.5, 0.6) is 0 Å². The molecule has 3 heteroatoms. The molecule has 0 saturated heterocycles. The third kappa shape index (κ3) is 3.97. The number of rotatable bonds is 5. The fourth-order valence-electron chi connectivity index (χ4n) is 1.68. The van der Waals surface area contributed by atoms with Crippen molar-refractivity contribution in [2.45, 2.75) is 11.8 Å². The van der Waals surface area contributed by atoms with Crippen LogP contribution in [0.3, 0.4) is 0 Å². The quantitative estimate of drug-likeness (QED) is 0.619. The summed E-state index contributed by atoms with van der Waals surface area (Å²) in [6.07, 6.45) is 0. The molecule has 94 valence electrons. The molecule has 2 rings (SSSR count). The van der Waals surface area contributed by atoms with E-state index >= 15 is 0 Å². The summed E-state index contributed by atoms with van der Waals surface area (Å²) in [5.74, 6) is 1.02. The monoisotopic (exact) mass is 277 g/mol. The van der Waals surface area contributed by atoms with E-state index in [9.17, 15) is 0 Å². The molecule has 0 aliphatic carbocycles. The van der Waals surface area contributed by atoms with Gasteiger partial charge in [-0.25, -0.2) is 0 Å². The minimum Gasteiger partial charge on any atom is -0.384 e. The maximum atomic E-state index is 5.95. The van der Waals surface area contributed by atoms with Crippen molar-refractivity contribution in [3.8, 4) is 0 Å². The zero-order chi connectivity index (χ0) is 12.8. The molecule has 0 saturated carbocycles. The molecule has 2 aromatic rings. The highest BCUT2D eigenvalue weighted by Gasteiger charge is 1.97. The normalized spacial score (nSPS) is 10.3. The number of halogens is 1. The van der Waals surface area contributed by atoms with Crippen LogP contribution in [-0.2, 0) is 0 Å². The van der Waals surface area contributed by atoms with Gasteiger partial charge in [-0.2, -0.15) is 0 Å². The van der Waals surface area contributed by atoms with Crippen LogP contribution in [0, 0.1) is 6.92 Å². The van der Waals surface area contributed by atoms with Crippen molar-refractivity contribution in [1.29, 1.82) is 0 Å². The second-order valence-corrected chi connectivity index (χ2v) is 5.65. The van der Waals surface area contributed by atoms with E-state index in [-0.39, 0.29) is 0 Å². The first-order chi connectivity index (χ1) is 8.75. The number of benzene rings is 2. The zero-order valence-corrected chi connectivity index (χ0v) is 11.9. The van der Waals surface area contributed by atoms with Crippen molar-refractivity contribution in [2.24, 2.45) is 0 Å². The van der Waals surface area contributed by atoms with Gasteiger partial charge in [0.05, 0.1) is 0 Å². The minimum atomic E-state index is 0.798. The lowest BCUT2D eigenvalue weighted by Gasteiger charge is -2.09. The molecule has 0 heterocycles. The Bertz CT molecular complexity index is 513. The number of aryl methyl sites for hydroxylation is 1. The third-order valence-corrected chi connectivity index (χ3v) is 3.86. The summed E-state index contributed by atoms with van der Waals surface area (Å²) in [7, 11) is 0. The summed E-state index contributed by atoms with van der Waals surface area (Å²) < 4.78 is 0. The highest BCUT2D eigenvalue weighted by atomic mass is 35.5. The third-order valence-electron chi connectivity index (χ3n) is 2.63. The summed E-state index contributed by atoms with van der Waals surface area (Å²) >= 11 is 7.76. The van der Waals surface area contributed by atoms with Gasteiger partial charge in [-0.05, 0) is 36.8 Å². The molecule has 0 unspecified atom stereocenters. The SMILES string of the molecule is Cc1ccccc1NCCSc1cccc(Cl)c1. The molecule has 1 nitrogen and oxygen atoms in total. The number of nitrogens with one attached hydrogen (secondary N) is 1. The minimum absolute atomic E-state index is 0.798. The molecule has 1 N–H and O–H groups in total. The van der Waals surface area contributed by atoms with Crippen molar-refractivity contribution in [3.63, 3.8) is 0 Å². The molecular formula is C15H16ClNS. The highest BCUT2D eigenvalue weighted by Crippen LogP contribution is 2.21. The highest BCUT2D eigenvalue weighted by molar-refractivity contribution is 7.99. The van der Waals surface area contributed by atoms with Gasteiger partial charge < -0.3 is 5.32 Å². The van der Waals surface area contributed by atoms with Gasteiger partial charge >= 0.3 is 0 Å². The van der Waals surface area contributed by atoms with Crippen molar-refractivity contribution < 1.29 is 0 Å². The Labute approximate surface area is 118 Å². The van der Waals surface area contributed by atoms with Crippen molar-refractivity contribution in [1.82, 2.24) is 0 Å². The van der Waals surface area contributed by atoms with E-state index in [2.05, 4.69) is 42.6 Å². The van der Waals surface area contributed by atoms with Gasteiger partial charge in [0.2, 0.25) is 0 Å². The number of hydrogen-bond donors (Lipinski definition) is 1. The largest absolute Gasteiger partial charge is 0.384 e. The summed E-state index contributed by atoms with van der Waals surface area (Å²) in [5, 5.41) is 4.24. The van der Waals surface area contributed by atoms with Crippen molar-refractivity contribution in [2.75, 3.05) is 17.6 Å². The Hall–Kier alpha value is -1.12. The van der Waals surface area contributed by atoms with E-state index in [4.69, 9.17) is 11.6 Å². The number of anilines is 1. The fourth-order valence-corrected chi connectivity index (χ4v) is 2.76.